The molecule has 3 aromatic heterocycles. The van der Waals surface area contributed by atoms with E-state index in [4.69, 9.17) is 18.9 Å². The maximum atomic E-state index is 17.3. The van der Waals surface area contributed by atoms with E-state index in [2.05, 4.69) is 19.9 Å². The number of aromatic nitrogens is 4. The highest BCUT2D eigenvalue weighted by molar-refractivity contribution is 5.97. The Hall–Kier alpha value is -5.65. The lowest BCUT2D eigenvalue weighted by Crippen LogP contribution is -2.43. The van der Waals surface area contributed by atoms with E-state index >= 15 is 17.6 Å². The van der Waals surface area contributed by atoms with E-state index in [1.807, 2.05) is 29.2 Å². The van der Waals surface area contributed by atoms with Gasteiger partial charge in [-0.3, -0.25) is 4.90 Å². The van der Waals surface area contributed by atoms with Gasteiger partial charge in [0.2, 0.25) is 5.88 Å². The van der Waals surface area contributed by atoms with Gasteiger partial charge in [-0.1, -0.05) is 24.3 Å². The van der Waals surface area contributed by atoms with Crippen LogP contribution < -0.4 is 28.7 Å². The first kappa shape index (κ1) is 41.1. The molecule has 0 amide bonds. The summed E-state index contributed by atoms with van der Waals surface area (Å²) in [5.41, 5.74) is -2.82. The van der Waals surface area contributed by atoms with Crippen LogP contribution in [0, 0.1) is 12.7 Å². The molecule has 0 saturated carbocycles. The van der Waals surface area contributed by atoms with E-state index in [1.54, 1.807) is 29.2 Å². The Morgan fingerprint density at radius 2 is 1.58 bits per heavy atom. The standard InChI is InChI=1S/C42H42F7N7O4/c1-24-17-31(55(19-25-5-9-28(57-2)10-6-25)20-26-7-11-29(58-3)12-8-26)50-36(33(24)42(47,48)49)37-34(46)35-32-38(54(22-30(44)45)15-16-59-39(32)51-37)53-40(52-35)60-23-41-13-4-14-56(41)21-27(43)18-41/h5-12,17,27,30H,4,13-16,18-23H2,1-3H3/t27-,41+/m1/s1. The average Bonchev–Trinajstić information content (AvgIpc) is 3.69. The number of halogens is 7. The minimum atomic E-state index is -5.03. The van der Waals surface area contributed by atoms with Gasteiger partial charge >= 0.3 is 12.2 Å². The highest BCUT2D eigenvalue weighted by Gasteiger charge is 2.49. The number of fused-ring (bicyclic) bond motifs is 1. The number of pyridine rings is 2. The first-order chi connectivity index (χ1) is 28.7. The molecule has 2 atom stereocenters. The van der Waals surface area contributed by atoms with Crippen LogP contribution >= 0.6 is 0 Å². The van der Waals surface area contributed by atoms with Gasteiger partial charge in [0.25, 0.3) is 6.43 Å². The molecule has 5 aromatic rings. The zero-order chi connectivity index (χ0) is 42.3. The molecule has 0 N–H and O–H groups in total. The molecule has 0 unspecified atom stereocenters. The number of anilines is 2. The van der Waals surface area contributed by atoms with E-state index in [0.717, 1.165) is 17.5 Å². The summed E-state index contributed by atoms with van der Waals surface area (Å²) in [7, 11) is 3.06. The molecule has 11 nitrogen and oxygen atoms in total. The van der Waals surface area contributed by atoms with E-state index in [1.165, 1.54) is 32.1 Å². The van der Waals surface area contributed by atoms with Gasteiger partial charge in [0, 0.05) is 26.1 Å². The molecule has 6 heterocycles. The fourth-order valence-corrected chi connectivity index (χ4v) is 8.48. The highest BCUT2D eigenvalue weighted by atomic mass is 19.4. The summed E-state index contributed by atoms with van der Waals surface area (Å²) in [4.78, 5) is 22.5. The van der Waals surface area contributed by atoms with Gasteiger partial charge in [-0.2, -0.15) is 23.1 Å². The molecule has 2 fully saturated rings. The van der Waals surface area contributed by atoms with Crippen molar-refractivity contribution < 1.29 is 49.7 Å². The van der Waals surface area contributed by atoms with Gasteiger partial charge in [0.1, 0.15) is 64.8 Å². The molecule has 2 saturated heterocycles. The molecule has 0 aliphatic carbocycles. The van der Waals surface area contributed by atoms with Crippen molar-refractivity contribution in [2.45, 2.75) is 63.6 Å². The monoisotopic (exact) mass is 841 g/mol. The number of hydrogen-bond acceptors (Lipinski definition) is 11. The van der Waals surface area contributed by atoms with E-state index in [9.17, 15) is 13.2 Å². The van der Waals surface area contributed by atoms with Crippen molar-refractivity contribution in [1.29, 1.82) is 0 Å². The van der Waals surface area contributed by atoms with Crippen LogP contribution in [0.1, 0.15) is 41.5 Å². The lowest BCUT2D eigenvalue weighted by Gasteiger charge is -2.31. The molecule has 8 rings (SSSR count). The summed E-state index contributed by atoms with van der Waals surface area (Å²) in [5, 5.41) is -0.214. The summed E-state index contributed by atoms with van der Waals surface area (Å²) in [6, 6.07) is 15.2. The van der Waals surface area contributed by atoms with Crippen LogP contribution in [0.25, 0.3) is 22.3 Å². The lowest BCUT2D eigenvalue weighted by molar-refractivity contribution is -0.137. The van der Waals surface area contributed by atoms with Gasteiger partial charge < -0.3 is 28.7 Å². The summed E-state index contributed by atoms with van der Waals surface area (Å²) in [6.07, 6.45) is -7.33. The number of rotatable bonds is 13. The van der Waals surface area contributed by atoms with Crippen molar-refractivity contribution in [2.75, 3.05) is 63.4 Å². The Kier molecular flexibility index (Phi) is 11.3. The third-order valence-electron chi connectivity index (χ3n) is 11.3. The Labute approximate surface area is 341 Å². The minimum absolute atomic E-state index is 0.0740. The average molecular weight is 842 g/mol. The Balaban J connectivity index is 1.28. The molecule has 3 aliphatic heterocycles. The molecule has 18 heteroatoms. The van der Waals surface area contributed by atoms with Gasteiger partial charge in [0.05, 0.1) is 38.4 Å². The summed E-state index contributed by atoms with van der Waals surface area (Å²) in [5.74, 6) is -0.569. The minimum Gasteiger partial charge on any atom is -0.497 e. The van der Waals surface area contributed by atoms with Crippen LogP contribution in [0.15, 0.2) is 54.6 Å². The first-order valence-electron chi connectivity index (χ1n) is 19.4. The van der Waals surface area contributed by atoms with Crippen molar-refractivity contribution in [3.63, 3.8) is 0 Å². The van der Waals surface area contributed by atoms with Gasteiger partial charge in [-0.15, -0.1) is 0 Å². The number of benzene rings is 2. The second-order valence-corrected chi connectivity index (χ2v) is 15.3. The van der Waals surface area contributed by atoms with Crippen LogP contribution in [-0.2, 0) is 19.3 Å². The van der Waals surface area contributed by atoms with Crippen LogP contribution in [0.4, 0.5) is 42.4 Å². The van der Waals surface area contributed by atoms with Crippen LogP contribution in [0.3, 0.4) is 0 Å². The summed E-state index contributed by atoms with van der Waals surface area (Å²) >= 11 is 0. The SMILES string of the molecule is COc1ccc(CN(Cc2ccc(OC)cc2)c2cc(C)c(C(F)(F)F)c(-c3nc4c5c(nc(OC[C@@]67CCCN6C[C@H](F)C7)nc5c3F)N(CC(F)F)CCO4)n2)cc1. The van der Waals surface area contributed by atoms with Gasteiger partial charge in [-0.05, 0) is 73.3 Å². The number of alkyl halides is 6. The summed E-state index contributed by atoms with van der Waals surface area (Å²) in [6.45, 7) is 1.22. The highest BCUT2D eigenvalue weighted by Crippen LogP contribution is 2.45. The smallest absolute Gasteiger partial charge is 0.418 e. The molecule has 0 radical (unpaired) electrons. The number of nitrogens with zero attached hydrogens (tertiary/aromatic N) is 7. The Bertz CT molecular complexity index is 2300. The number of methoxy groups -OCH3 is 2. The van der Waals surface area contributed by atoms with Crippen molar-refractivity contribution in [3.05, 3.63) is 82.7 Å². The van der Waals surface area contributed by atoms with E-state index < -0.39 is 65.2 Å². The molecule has 0 spiro atoms. The van der Waals surface area contributed by atoms with Crippen molar-refractivity contribution in [3.8, 4) is 34.8 Å². The van der Waals surface area contributed by atoms with Gasteiger partial charge in [0.15, 0.2) is 5.82 Å². The molecule has 2 aromatic carbocycles. The van der Waals surface area contributed by atoms with Crippen LogP contribution in [-0.4, -0.2) is 96.6 Å². The number of aryl methyl sites for hydroxylation is 1. The molecule has 3 aliphatic rings. The quantitative estimate of drug-likeness (QED) is 0.107. The largest absolute Gasteiger partial charge is 0.497 e. The zero-order valence-electron chi connectivity index (χ0n) is 33.0. The predicted octanol–water partition coefficient (Wildman–Crippen LogP) is 8.20. The van der Waals surface area contributed by atoms with E-state index in [0.29, 0.717) is 24.5 Å². The van der Waals surface area contributed by atoms with Crippen molar-refractivity contribution in [1.82, 2.24) is 24.8 Å². The summed E-state index contributed by atoms with van der Waals surface area (Å²) < 4.78 is 128. The molecular weight excluding hydrogens is 799 g/mol. The molecule has 0 bridgehead atoms. The topological polar surface area (TPSA) is 98.2 Å². The second kappa shape index (κ2) is 16.4. The number of ether oxygens (including phenoxy) is 4. The normalized spacial score (nSPS) is 19.1. The first-order valence-corrected chi connectivity index (χ1v) is 19.4. The van der Waals surface area contributed by atoms with Crippen molar-refractivity contribution >= 4 is 22.5 Å². The number of hydrogen-bond donors (Lipinski definition) is 0. The molecule has 318 valence electrons. The molecular formula is C42H42F7N7O4. The van der Waals surface area contributed by atoms with Crippen molar-refractivity contribution in [2.24, 2.45) is 0 Å². The lowest BCUT2D eigenvalue weighted by atomic mass is 9.95. The fourth-order valence-electron chi connectivity index (χ4n) is 8.48. The molecule has 60 heavy (non-hydrogen) atoms. The van der Waals surface area contributed by atoms with Crippen LogP contribution in [0.2, 0.25) is 0 Å². The zero-order valence-corrected chi connectivity index (χ0v) is 33.0. The maximum absolute atomic E-state index is 17.3. The third kappa shape index (κ3) is 8.12. The fraction of sp³-hybridized carbons (Fsp3) is 0.429. The van der Waals surface area contributed by atoms with Crippen LogP contribution in [0.5, 0.6) is 23.4 Å². The van der Waals surface area contributed by atoms with Gasteiger partial charge in [-0.25, -0.2) is 27.5 Å². The van der Waals surface area contributed by atoms with E-state index in [-0.39, 0.29) is 74.3 Å². The Morgan fingerprint density at radius 3 is 2.20 bits per heavy atom. The predicted molar refractivity (Wildman–Crippen MR) is 208 cm³/mol. The maximum Gasteiger partial charge on any atom is 0.418 e. The third-order valence-corrected chi connectivity index (χ3v) is 11.3. The Morgan fingerprint density at radius 1 is 0.917 bits per heavy atom. The second-order valence-electron chi connectivity index (χ2n) is 15.3.